The monoisotopic (exact) mass is 380 g/mol. The number of para-hydroxylation sites is 1. The molecule has 0 saturated heterocycles. The van der Waals surface area contributed by atoms with E-state index in [1.165, 1.54) is 11.3 Å². The first-order valence-corrected chi connectivity index (χ1v) is 9.82. The second-order valence-electron chi connectivity index (χ2n) is 6.81. The zero-order valence-corrected chi connectivity index (χ0v) is 16.3. The van der Waals surface area contributed by atoms with Gasteiger partial charge in [0.1, 0.15) is 10.8 Å². The highest BCUT2D eigenvalue weighted by atomic mass is 32.1. The average Bonchev–Trinajstić information content (AvgIpc) is 3.06. The van der Waals surface area contributed by atoms with Crippen molar-refractivity contribution in [1.29, 1.82) is 0 Å². The molecule has 0 unspecified atom stereocenters. The van der Waals surface area contributed by atoms with Crippen LogP contribution in [0.2, 0.25) is 0 Å². The van der Waals surface area contributed by atoms with E-state index in [-0.39, 0.29) is 6.42 Å². The van der Waals surface area contributed by atoms with E-state index in [9.17, 15) is 9.90 Å². The number of carbonyl (C=O) groups is 1. The van der Waals surface area contributed by atoms with Gasteiger partial charge in [-0.05, 0) is 53.8 Å². The van der Waals surface area contributed by atoms with Crippen molar-refractivity contribution >= 4 is 39.2 Å². The lowest BCUT2D eigenvalue weighted by Crippen LogP contribution is -2.22. The first-order chi connectivity index (χ1) is 13.0. The first-order valence-electron chi connectivity index (χ1n) is 9.00. The molecule has 0 aliphatic rings. The summed E-state index contributed by atoms with van der Waals surface area (Å²) in [7, 11) is 0. The molecule has 0 aliphatic heterocycles. The Balaban J connectivity index is 1.82. The highest BCUT2D eigenvalue weighted by Crippen LogP contribution is 2.30. The summed E-state index contributed by atoms with van der Waals surface area (Å²) < 4.78 is 6.76. The number of carbonyl (C=O) groups excluding carboxylic acids is 1. The molecule has 3 rings (SSSR count). The standard InChI is InChI=1S/C22H23NO3S/c1-15(2)11-12-26-18-9-7-16(8-10-18)13-17(14-21(24)25)22-23-19-5-3-4-6-20(19)27-22/h3-10,13,15H,11-12,14H2,1-2H3,(H,24,25)/p-1/b17-13+. The van der Waals surface area contributed by atoms with Crippen molar-refractivity contribution < 1.29 is 14.6 Å². The normalized spacial score (nSPS) is 11.9. The van der Waals surface area contributed by atoms with Crippen molar-refractivity contribution in [3.05, 3.63) is 59.1 Å². The summed E-state index contributed by atoms with van der Waals surface area (Å²) in [4.78, 5) is 15.8. The molecule has 0 fully saturated rings. The number of benzene rings is 2. The number of thiazole rings is 1. The summed E-state index contributed by atoms with van der Waals surface area (Å²) in [5.41, 5.74) is 2.42. The lowest BCUT2D eigenvalue weighted by atomic mass is 10.1. The van der Waals surface area contributed by atoms with Crippen molar-refractivity contribution in [3.8, 4) is 5.75 Å². The summed E-state index contributed by atoms with van der Waals surface area (Å²) in [6, 6.07) is 15.4. The van der Waals surface area contributed by atoms with Gasteiger partial charge in [0, 0.05) is 12.4 Å². The highest BCUT2D eigenvalue weighted by Gasteiger charge is 2.10. The summed E-state index contributed by atoms with van der Waals surface area (Å²) >= 11 is 1.49. The molecule has 0 N–H and O–H groups in total. The van der Waals surface area contributed by atoms with E-state index in [4.69, 9.17) is 4.74 Å². The Morgan fingerprint density at radius 1 is 1.19 bits per heavy atom. The molecule has 0 radical (unpaired) electrons. The predicted molar refractivity (Wildman–Crippen MR) is 109 cm³/mol. The van der Waals surface area contributed by atoms with Crippen LogP contribution in [0, 0.1) is 5.92 Å². The van der Waals surface area contributed by atoms with Crippen molar-refractivity contribution in [3.63, 3.8) is 0 Å². The maximum Gasteiger partial charge on any atom is 0.120 e. The molecule has 27 heavy (non-hydrogen) atoms. The van der Waals surface area contributed by atoms with Crippen molar-refractivity contribution in [1.82, 2.24) is 4.98 Å². The number of hydrogen-bond acceptors (Lipinski definition) is 5. The van der Waals surface area contributed by atoms with E-state index in [0.717, 1.165) is 28.0 Å². The van der Waals surface area contributed by atoms with E-state index >= 15 is 0 Å². The molecular weight excluding hydrogens is 358 g/mol. The van der Waals surface area contributed by atoms with Gasteiger partial charge in [0.25, 0.3) is 0 Å². The smallest absolute Gasteiger partial charge is 0.120 e. The number of carboxylic acid groups (broad SMARTS) is 1. The zero-order valence-electron chi connectivity index (χ0n) is 15.5. The minimum Gasteiger partial charge on any atom is -0.550 e. The second-order valence-corrected chi connectivity index (χ2v) is 7.84. The number of fused-ring (bicyclic) bond motifs is 1. The van der Waals surface area contributed by atoms with Gasteiger partial charge in [-0.3, -0.25) is 0 Å². The minimum atomic E-state index is -1.12. The van der Waals surface area contributed by atoms with E-state index < -0.39 is 5.97 Å². The maximum atomic E-state index is 11.2. The van der Waals surface area contributed by atoms with Crippen LogP contribution in [0.4, 0.5) is 0 Å². The predicted octanol–water partition coefficient (Wildman–Crippen LogP) is 4.40. The van der Waals surface area contributed by atoms with Gasteiger partial charge in [-0.1, -0.05) is 38.1 Å². The topological polar surface area (TPSA) is 62.2 Å². The van der Waals surface area contributed by atoms with Crippen LogP contribution in [0.5, 0.6) is 5.75 Å². The van der Waals surface area contributed by atoms with Crippen molar-refractivity contribution in [2.75, 3.05) is 6.61 Å². The molecule has 1 heterocycles. The Labute approximate surface area is 163 Å². The summed E-state index contributed by atoms with van der Waals surface area (Å²) in [6.45, 7) is 5.02. The molecule has 5 heteroatoms. The number of aromatic nitrogens is 1. The fourth-order valence-electron chi connectivity index (χ4n) is 2.63. The number of ether oxygens (including phenoxy) is 1. The number of carboxylic acids is 1. The molecule has 0 amide bonds. The van der Waals surface area contributed by atoms with E-state index in [1.807, 2.05) is 54.6 Å². The van der Waals surface area contributed by atoms with Gasteiger partial charge in [-0.2, -0.15) is 0 Å². The third-order valence-corrected chi connectivity index (χ3v) is 5.20. The van der Waals surface area contributed by atoms with Gasteiger partial charge in [-0.15, -0.1) is 11.3 Å². The van der Waals surface area contributed by atoms with Crippen LogP contribution in [-0.4, -0.2) is 17.6 Å². The molecule has 140 valence electrons. The third kappa shape index (κ3) is 5.41. The Hall–Kier alpha value is -2.66. The first kappa shape index (κ1) is 19.1. The average molecular weight is 380 g/mol. The van der Waals surface area contributed by atoms with Gasteiger partial charge in [0.15, 0.2) is 0 Å². The molecule has 1 aromatic heterocycles. The quantitative estimate of drug-likeness (QED) is 0.581. The summed E-state index contributed by atoms with van der Waals surface area (Å²) in [5, 5.41) is 11.9. The number of nitrogens with zero attached hydrogens (tertiary/aromatic N) is 1. The molecule has 0 aliphatic carbocycles. The van der Waals surface area contributed by atoms with Crippen molar-refractivity contribution in [2.24, 2.45) is 5.92 Å². The molecule has 4 nitrogen and oxygen atoms in total. The molecular formula is C22H22NO3S-. The van der Waals surface area contributed by atoms with Crippen LogP contribution in [0.25, 0.3) is 21.9 Å². The van der Waals surface area contributed by atoms with E-state index in [2.05, 4.69) is 18.8 Å². The lowest BCUT2D eigenvalue weighted by molar-refractivity contribution is -0.304. The molecule has 3 aromatic rings. The highest BCUT2D eigenvalue weighted by molar-refractivity contribution is 7.19. The van der Waals surface area contributed by atoms with Crippen LogP contribution < -0.4 is 9.84 Å². The number of hydrogen-bond donors (Lipinski definition) is 0. The Kier molecular flexibility index (Phi) is 6.24. The van der Waals surface area contributed by atoms with Gasteiger partial charge in [0.05, 0.1) is 16.8 Å². The Morgan fingerprint density at radius 2 is 1.93 bits per heavy atom. The number of aliphatic carboxylic acids is 1. The van der Waals surface area contributed by atoms with Crippen LogP contribution in [0.1, 0.15) is 37.3 Å². The Morgan fingerprint density at radius 3 is 2.59 bits per heavy atom. The molecule has 2 aromatic carbocycles. The second kappa shape index (κ2) is 8.82. The number of rotatable bonds is 8. The van der Waals surface area contributed by atoms with Crippen LogP contribution in [0.15, 0.2) is 48.5 Å². The maximum absolute atomic E-state index is 11.2. The molecule has 0 saturated carbocycles. The molecule has 0 atom stereocenters. The van der Waals surface area contributed by atoms with Crippen LogP contribution in [0.3, 0.4) is 0 Å². The van der Waals surface area contributed by atoms with Gasteiger partial charge in [-0.25, -0.2) is 4.98 Å². The molecule has 0 bridgehead atoms. The third-order valence-electron chi connectivity index (χ3n) is 4.09. The van der Waals surface area contributed by atoms with Crippen LogP contribution >= 0.6 is 11.3 Å². The fraction of sp³-hybridized carbons (Fsp3) is 0.273. The van der Waals surface area contributed by atoms with Gasteiger partial charge < -0.3 is 14.6 Å². The summed E-state index contributed by atoms with van der Waals surface area (Å²) in [6.07, 6.45) is 2.69. The zero-order chi connectivity index (χ0) is 19.2. The molecule has 0 spiro atoms. The van der Waals surface area contributed by atoms with Gasteiger partial charge in [0.2, 0.25) is 0 Å². The van der Waals surface area contributed by atoms with Crippen molar-refractivity contribution in [2.45, 2.75) is 26.7 Å². The van der Waals surface area contributed by atoms with E-state index in [0.29, 0.717) is 23.1 Å². The fourth-order valence-corrected chi connectivity index (χ4v) is 3.61. The lowest BCUT2D eigenvalue weighted by Gasteiger charge is -2.09. The minimum absolute atomic E-state index is 0.174. The van der Waals surface area contributed by atoms with E-state index in [1.54, 1.807) is 0 Å². The Bertz CT molecular complexity index is 909. The summed E-state index contributed by atoms with van der Waals surface area (Å²) in [5.74, 6) is 0.302. The SMILES string of the molecule is CC(C)CCOc1ccc(/C=C(\CC(=O)[O-])c2nc3ccccc3s2)cc1. The largest absolute Gasteiger partial charge is 0.550 e. The van der Waals surface area contributed by atoms with Crippen LogP contribution in [-0.2, 0) is 4.79 Å². The van der Waals surface area contributed by atoms with Gasteiger partial charge >= 0.3 is 0 Å².